The molecule has 0 unspecified atom stereocenters. The second kappa shape index (κ2) is 6.77. The molecular formula is C15H25N3O2S. The normalized spacial score (nSPS) is 20.1. The van der Waals surface area contributed by atoms with E-state index in [-0.39, 0.29) is 5.75 Å². The number of nitrogens with zero attached hydrogens (tertiary/aromatic N) is 2. The fourth-order valence-corrected chi connectivity index (χ4v) is 3.35. The molecule has 0 aliphatic carbocycles. The standard InChI is InChI=1S/C15H25N3O2S/c1-4-21(19,20)16-9-10-18-12-14-7-5-6-8-15(14)17(3)11-13(18)2/h5-8,13,16H,4,9-12H2,1-3H3/t13-/m0/s1. The van der Waals surface area contributed by atoms with E-state index in [1.165, 1.54) is 11.3 Å². The minimum Gasteiger partial charge on any atom is -0.373 e. The molecule has 0 aromatic heterocycles. The van der Waals surface area contributed by atoms with Gasteiger partial charge in [-0.1, -0.05) is 18.2 Å². The monoisotopic (exact) mass is 311 g/mol. The van der Waals surface area contributed by atoms with Crippen molar-refractivity contribution in [2.75, 3.05) is 37.3 Å². The van der Waals surface area contributed by atoms with Crippen LogP contribution in [0.1, 0.15) is 19.4 Å². The van der Waals surface area contributed by atoms with E-state index in [0.717, 1.165) is 19.6 Å². The Balaban J connectivity index is 2.04. The van der Waals surface area contributed by atoms with Crippen LogP contribution in [-0.4, -0.2) is 51.8 Å². The lowest BCUT2D eigenvalue weighted by molar-refractivity contribution is 0.213. The van der Waals surface area contributed by atoms with Crippen molar-refractivity contribution >= 4 is 15.7 Å². The zero-order valence-electron chi connectivity index (χ0n) is 13.0. The number of anilines is 1. The maximum Gasteiger partial charge on any atom is 0.211 e. The van der Waals surface area contributed by atoms with E-state index >= 15 is 0 Å². The largest absolute Gasteiger partial charge is 0.373 e. The van der Waals surface area contributed by atoms with Crippen molar-refractivity contribution in [3.63, 3.8) is 0 Å². The van der Waals surface area contributed by atoms with Gasteiger partial charge in [-0.3, -0.25) is 4.90 Å². The third-order valence-electron chi connectivity index (χ3n) is 4.04. The fraction of sp³-hybridized carbons (Fsp3) is 0.600. The molecule has 1 atom stereocenters. The molecule has 0 saturated carbocycles. The maximum atomic E-state index is 11.5. The van der Waals surface area contributed by atoms with Crippen LogP contribution in [0.4, 0.5) is 5.69 Å². The highest BCUT2D eigenvalue weighted by atomic mass is 32.2. The molecule has 1 aliphatic heterocycles. The van der Waals surface area contributed by atoms with Gasteiger partial charge >= 0.3 is 0 Å². The Morgan fingerprint density at radius 2 is 2.05 bits per heavy atom. The third-order valence-corrected chi connectivity index (χ3v) is 5.44. The quantitative estimate of drug-likeness (QED) is 0.890. The molecule has 0 saturated heterocycles. The number of hydrogen-bond acceptors (Lipinski definition) is 4. The molecule has 1 aromatic carbocycles. The van der Waals surface area contributed by atoms with Crippen LogP contribution in [0.25, 0.3) is 0 Å². The average Bonchev–Trinajstić information content (AvgIpc) is 2.57. The number of fused-ring (bicyclic) bond motifs is 1. The van der Waals surface area contributed by atoms with Gasteiger partial charge in [0.15, 0.2) is 0 Å². The zero-order chi connectivity index (χ0) is 15.5. The van der Waals surface area contributed by atoms with Crippen LogP contribution >= 0.6 is 0 Å². The number of sulfonamides is 1. The van der Waals surface area contributed by atoms with Gasteiger partial charge in [-0.2, -0.15) is 0 Å². The van der Waals surface area contributed by atoms with Crippen molar-refractivity contribution in [1.82, 2.24) is 9.62 Å². The van der Waals surface area contributed by atoms with Crippen molar-refractivity contribution in [2.45, 2.75) is 26.4 Å². The van der Waals surface area contributed by atoms with Crippen molar-refractivity contribution in [2.24, 2.45) is 0 Å². The molecule has 1 aromatic rings. The Kier molecular flexibility index (Phi) is 5.24. The zero-order valence-corrected chi connectivity index (χ0v) is 13.9. The van der Waals surface area contributed by atoms with E-state index in [2.05, 4.69) is 52.8 Å². The second-order valence-corrected chi connectivity index (χ2v) is 7.72. The lowest BCUT2D eigenvalue weighted by atomic mass is 10.1. The first-order chi connectivity index (χ1) is 9.93. The van der Waals surface area contributed by atoms with E-state index < -0.39 is 10.0 Å². The molecule has 6 heteroatoms. The van der Waals surface area contributed by atoms with Crippen LogP contribution in [0.3, 0.4) is 0 Å². The Labute approximate surface area is 128 Å². The van der Waals surface area contributed by atoms with Crippen molar-refractivity contribution < 1.29 is 8.42 Å². The number of nitrogens with one attached hydrogen (secondary N) is 1. The molecule has 1 aliphatic rings. The minimum atomic E-state index is -3.11. The summed E-state index contributed by atoms with van der Waals surface area (Å²) >= 11 is 0. The predicted octanol–water partition coefficient (Wildman–Crippen LogP) is 1.27. The summed E-state index contributed by atoms with van der Waals surface area (Å²) in [5, 5.41) is 0. The maximum absolute atomic E-state index is 11.5. The summed E-state index contributed by atoms with van der Waals surface area (Å²) in [5.74, 6) is 0.133. The van der Waals surface area contributed by atoms with Crippen LogP contribution in [-0.2, 0) is 16.6 Å². The van der Waals surface area contributed by atoms with Crippen LogP contribution in [0.2, 0.25) is 0 Å². The molecule has 21 heavy (non-hydrogen) atoms. The number of rotatable bonds is 5. The van der Waals surface area contributed by atoms with Crippen molar-refractivity contribution in [3.05, 3.63) is 29.8 Å². The molecule has 0 fully saturated rings. The highest BCUT2D eigenvalue weighted by Crippen LogP contribution is 2.25. The average molecular weight is 311 g/mol. The summed E-state index contributed by atoms with van der Waals surface area (Å²) in [5.41, 5.74) is 2.56. The summed E-state index contributed by atoms with van der Waals surface area (Å²) in [7, 11) is -0.996. The van der Waals surface area contributed by atoms with E-state index in [0.29, 0.717) is 12.6 Å². The second-order valence-electron chi connectivity index (χ2n) is 5.63. The molecule has 2 rings (SSSR count). The highest BCUT2D eigenvalue weighted by molar-refractivity contribution is 7.89. The van der Waals surface area contributed by atoms with Crippen LogP contribution in [0, 0.1) is 0 Å². The molecule has 0 radical (unpaired) electrons. The summed E-state index contributed by atoms with van der Waals surface area (Å²) < 4.78 is 25.7. The van der Waals surface area contributed by atoms with E-state index in [1.807, 2.05) is 0 Å². The molecule has 0 amide bonds. The summed E-state index contributed by atoms with van der Waals surface area (Å²) in [6, 6.07) is 8.79. The summed E-state index contributed by atoms with van der Waals surface area (Å²) in [6.45, 7) is 6.83. The van der Waals surface area contributed by atoms with Gasteiger partial charge in [0, 0.05) is 45.0 Å². The Hall–Kier alpha value is -1.11. The molecule has 5 nitrogen and oxygen atoms in total. The highest BCUT2D eigenvalue weighted by Gasteiger charge is 2.22. The summed E-state index contributed by atoms with van der Waals surface area (Å²) in [4.78, 5) is 4.61. The smallest absolute Gasteiger partial charge is 0.211 e. The Morgan fingerprint density at radius 1 is 1.33 bits per heavy atom. The lowest BCUT2D eigenvalue weighted by Crippen LogP contribution is -2.42. The topological polar surface area (TPSA) is 52.7 Å². The predicted molar refractivity (Wildman–Crippen MR) is 87.0 cm³/mol. The summed E-state index contributed by atoms with van der Waals surface area (Å²) in [6.07, 6.45) is 0. The molecule has 0 bridgehead atoms. The van der Waals surface area contributed by atoms with Gasteiger partial charge in [-0.25, -0.2) is 13.1 Å². The van der Waals surface area contributed by atoms with E-state index in [4.69, 9.17) is 0 Å². The minimum absolute atomic E-state index is 0.133. The third kappa shape index (κ3) is 4.18. The molecule has 1 N–H and O–H groups in total. The number of likely N-dealkylation sites (N-methyl/N-ethyl adjacent to an activating group) is 1. The molecule has 118 valence electrons. The number of hydrogen-bond donors (Lipinski definition) is 1. The number of benzene rings is 1. The molecule has 1 heterocycles. The van der Waals surface area contributed by atoms with Gasteiger partial charge in [0.2, 0.25) is 10.0 Å². The van der Waals surface area contributed by atoms with Gasteiger partial charge in [0.1, 0.15) is 0 Å². The Bertz CT molecular complexity index is 574. The number of para-hydroxylation sites is 1. The van der Waals surface area contributed by atoms with Crippen LogP contribution in [0.5, 0.6) is 0 Å². The first-order valence-electron chi connectivity index (χ1n) is 7.43. The van der Waals surface area contributed by atoms with Gasteiger partial charge in [0.05, 0.1) is 5.75 Å². The van der Waals surface area contributed by atoms with E-state index in [9.17, 15) is 8.42 Å². The Morgan fingerprint density at radius 3 is 2.76 bits per heavy atom. The lowest BCUT2D eigenvalue weighted by Gasteiger charge is -2.28. The van der Waals surface area contributed by atoms with Crippen molar-refractivity contribution in [3.8, 4) is 0 Å². The first-order valence-corrected chi connectivity index (χ1v) is 9.08. The van der Waals surface area contributed by atoms with Crippen LogP contribution < -0.4 is 9.62 Å². The van der Waals surface area contributed by atoms with Crippen molar-refractivity contribution in [1.29, 1.82) is 0 Å². The van der Waals surface area contributed by atoms with Gasteiger partial charge < -0.3 is 4.90 Å². The van der Waals surface area contributed by atoms with E-state index in [1.54, 1.807) is 6.92 Å². The molecular weight excluding hydrogens is 286 g/mol. The van der Waals surface area contributed by atoms with Gasteiger partial charge in [-0.05, 0) is 25.5 Å². The van der Waals surface area contributed by atoms with Crippen LogP contribution in [0.15, 0.2) is 24.3 Å². The molecule has 0 spiro atoms. The first kappa shape index (κ1) is 16.3. The van der Waals surface area contributed by atoms with Gasteiger partial charge in [-0.15, -0.1) is 0 Å². The van der Waals surface area contributed by atoms with Gasteiger partial charge in [0.25, 0.3) is 0 Å². The SMILES string of the molecule is CCS(=O)(=O)NCCN1Cc2ccccc2N(C)C[C@@H]1C. The fourth-order valence-electron chi connectivity index (χ4n) is 2.75.